The molecule has 0 bridgehead atoms. The highest BCUT2D eigenvalue weighted by Crippen LogP contribution is 2.21. The molecule has 1 aliphatic rings. The summed E-state index contributed by atoms with van der Waals surface area (Å²) >= 11 is 0. The lowest BCUT2D eigenvalue weighted by Gasteiger charge is -2.27. The third-order valence-electron chi connectivity index (χ3n) is 3.57. The molecule has 1 aromatic carbocycles. The Labute approximate surface area is 113 Å². The van der Waals surface area contributed by atoms with Crippen LogP contribution in [0.2, 0.25) is 0 Å². The van der Waals surface area contributed by atoms with Crippen LogP contribution in [0.1, 0.15) is 31.7 Å². The van der Waals surface area contributed by atoms with Crippen LogP contribution in [0.25, 0.3) is 0 Å². The van der Waals surface area contributed by atoms with Gasteiger partial charge in [-0.25, -0.2) is 4.39 Å². The SMILES string of the molecule is CCN(Cc1cccc(F)c1)C(=O)[C@H]1CC=CCC1. The van der Waals surface area contributed by atoms with Gasteiger partial charge in [-0.05, 0) is 43.9 Å². The largest absolute Gasteiger partial charge is 0.338 e. The number of amides is 1. The highest BCUT2D eigenvalue weighted by Gasteiger charge is 2.23. The Morgan fingerprint density at radius 2 is 2.26 bits per heavy atom. The van der Waals surface area contributed by atoms with Gasteiger partial charge in [-0.15, -0.1) is 0 Å². The smallest absolute Gasteiger partial charge is 0.226 e. The van der Waals surface area contributed by atoms with Gasteiger partial charge in [0.05, 0.1) is 0 Å². The molecule has 0 aliphatic heterocycles. The summed E-state index contributed by atoms with van der Waals surface area (Å²) in [4.78, 5) is 14.2. The average Bonchev–Trinajstić information content (AvgIpc) is 2.45. The molecule has 0 N–H and O–H groups in total. The van der Waals surface area contributed by atoms with Crippen molar-refractivity contribution in [2.75, 3.05) is 6.54 Å². The van der Waals surface area contributed by atoms with Crippen LogP contribution in [0, 0.1) is 11.7 Å². The topological polar surface area (TPSA) is 20.3 Å². The maximum atomic E-state index is 13.2. The monoisotopic (exact) mass is 261 g/mol. The van der Waals surface area contributed by atoms with Crippen LogP contribution in [0.3, 0.4) is 0 Å². The molecular weight excluding hydrogens is 241 g/mol. The molecule has 19 heavy (non-hydrogen) atoms. The molecular formula is C16H20FNO. The predicted octanol–water partition coefficient (Wildman–Crippen LogP) is 3.53. The van der Waals surface area contributed by atoms with E-state index in [0.29, 0.717) is 13.1 Å². The van der Waals surface area contributed by atoms with Crippen molar-refractivity contribution in [1.29, 1.82) is 0 Å². The molecule has 0 saturated carbocycles. The molecule has 0 heterocycles. The Kier molecular flexibility index (Phi) is 4.72. The van der Waals surface area contributed by atoms with E-state index in [9.17, 15) is 9.18 Å². The van der Waals surface area contributed by atoms with Crippen LogP contribution in [-0.2, 0) is 11.3 Å². The van der Waals surface area contributed by atoms with Crippen molar-refractivity contribution in [3.05, 3.63) is 47.8 Å². The maximum absolute atomic E-state index is 13.2. The highest BCUT2D eigenvalue weighted by molar-refractivity contribution is 5.79. The summed E-state index contributed by atoms with van der Waals surface area (Å²) in [6.07, 6.45) is 6.95. The Bertz CT molecular complexity index is 470. The molecule has 1 atom stereocenters. The summed E-state index contributed by atoms with van der Waals surface area (Å²) in [5.74, 6) is 0.0382. The summed E-state index contributed by atoms with van der Waals surface area (Å²) in [6, 6.07) is 6.47. The number of carbonyl (C=O) groups is 1. The Morgan fingerprint density at radius 1 is 1.42 bits per heavy atom. The van der Waals surface area contributed by atoms with E-state index in [4.69, 9.17) is 0 Å². The fourth-order valence-electron chi connectivity index (χ4n) is 2.48. The van der Waals surface area contributed by atoms with Gasteiger partial charge < -0.3 is 4.90 Å². The van der Waals surface area contributed by atoms with Gasteiger partial charge in [-0.1, -0.05) is 24.3 Å². The summed E-state index contributed by atoms with van der Waals surface area (Å²) < 4.78 is 13.2. The predicted molar refractivity (Wildman–Crippen MR) is 74.0 cm³/mol. The molecule has 0 radical (unpaired) electrons. The fraction of sp³-hybridized carbons (Fsp3) is 0.438. The summed E-state index contributed by atoms with van der Waals surface area (Å²) in [7, 11) is 0. The van der Waals surface area contributed by atoms with E-state index in [1.165, 1.54) is 12.1 Å². The fourth-order valence-corrected chi connectivity index (χ4v) is 2.48. The van der Waals surface area contributed by atoms with Crippen LogP contribution in [0.4, 0.5) is 4.39 Å². The van der Waals surface area contributed by atoms with Crippen molar-refractivity contribution in [3.63, 3.8) is 0 Å². The van der Waals surface area contributed by atoms with Crippen LogP contribution >= 0.6 is 0 Å². The van der Waals surface area contributed by atoms with Gasteiger partial charge in [0.15, 0.2) is 0 Å². The maximum Gasteiger partial charge on any atom is 0.226 e. The number of benzene rings is 1. The second kappa shape index (κ2) is 6.50. The Balaban J connectivity index is 2.03. The molecule has 1 aromatic rings. The van der Waals surface area contributed by atoms with Crippen LogP contribution in [0.15, 0.2) is 36.4 Å². The van der Waals surface area contributed by atoms with Crippen molar-refractivity contribution in [2.24, 2.45) is 5.92 Å². The quantitative estimate of drug-likeness (QED) is 0.759. The minimum absolute atomic E-state index is 0.0958. The molecule has 2 nitrogen and oxygen atoms in total. The molecule has 1 aliphatic carbocycles. The van der Waals surface area contributed by atoms with E-state index in [1.807, 2.05) is 17.9 Å². The van der Waals surface area contributed by atoms with Gasteiger partial charge in [0.1, 0.15) is 5.82 Å². The van der Waals surface area contributed by atoms with Crippen molar-refractivity contribution >= 4 is 5.91 Å². The highest BCUT2D eigenvalue weighted by atomic mass is 19.1. The number of nitrogens with zero attached hydrogens (tertiary/aromatic N) is 1. The average molecular weight is 261 g/mol. The Hall–Kier alpha value is -1.64. The Morgan fingerprint density at radius 3 is 2.89 bits per heavy atom. The number of hydrogen-bond acceptors (Lipinski definition) is 1. The minimum atomic E-state index is -0.249. The van der Waals surface area contributed by atoms with Crippen LogP contribution in [0.5, 0.6) is 0 Å². The van der Waals surface area contributed by atoms with Crippen molar-refractivity contribution in [1.82, 2.24) is 4.90 Å². The minimum Gasteiger partial charge on any atom is -0.338 e. The van der Waals surface area contributed by atoms with Crippen LogP contribution < -0.4 is 0 Å². The molecule has 0 spiro atoms. The molecule has 1 amide bonds. The lowest BCUT2D eigenvalue weighted by atomic mass is 9.93. The van der Waals surface area contributed by atoms with E-state index >= 15 is 0 Å². The van der Waals surface area contributed by atoms with E-state index in [-0.39, 0.29) is 17.6 Å². The number of halogens is 1. The number of carbonyl (C=O) groups excluding carboxylic acids is 1. The third-order valence-corrected chi connectivity index (χ3v) is 3.57. The zero-order valence-corrected chi connectivity index (χ0v) is 11.3. The van der Waals surface area contributed by atoms with E-state index < -0.39 is 0 Å². The molecule has 0 saturated heterocycles. The first-order valence-corrected chi connectivity index (χ1v) is 6.89. The van der Waals surface area contributed by atoms with Gasteiger partial charge in [0.25, 0.3) is 0 Å². The lowest BCUT2D eigenvalue weighted by molar-refractivity contribution is -0.136. The lowest BCUT2D eigenvalue weighted by Crippen LogP contribution is -2.36. The molecule has 0 unspecified atom stereocenters. The zero-order valence-electron chi connectivity index (χ0n) is 11.3. The van der Waals surface area contributed by atoms with Crippen molar-refractivity contribution in [3.8, 4) is 0 Å². The van der Waals surface area contributed by atoms with E-state index in [1.54, 1.807) is 6.07 Å². The van der Waals surface area contributed by atoms with Gasteiger partial charge >= 0.3 is 0 Å². The van der Waals surface area contributed by atoms with E-state index in [0.717, 1.165) is 24.8 Å². The zero-order chi connectivity index (χ0) is 13.7. The van der Waals surface area contributed by atoms with Gasteiger partial charge in [-0.2, -0.15) is 0 Å². The normalized spacial score (nSPS) is 18.3. The van der Waals surface area contributed by atoms with E-state index in [2.05, 4.69) is 12.2 Å². The molecule has 0 fully saturated rings. The number of rotatable bonds is 4. The number of hydrogen-bond donors (Lipinski definition) is 0. The molecule has 2 rings (SSSR count). The van der Waals surface area contributed by atoms with Gasteiger partial charge in [-0.3, -0.25) is 4.79 Å². The van der Waals surface area contributed by atoms with Crippen molar-refractivity contribution in [2.45, 2.75) is 32.7 Å². The van der Waals surface area contributed by atoms with Gasteiger partial charge in [0, 0.05) is 19.0 Å². The summed E-state index contributed by atoms with van der Waals surface area (Å²) in [5, 5.41) is 0. The second-order valence-electron chi connectivity index (χ2n) is 4.96. The standard InChI is InChI=1S/C16H20FNO/c1-2-18(12-13-7-6-10-15(17)11-13)16(19)14-8-4-3-5-9-14/h3-4,6-7,10-11,14H,2,5,8-9,12H2,1H3/t14-/m0/s1. The molecule has 3 heteroatoms. The number of allylic oxidation sites excluding steroid dienone is 2. The molecule has 102 valence electrons. The van der Waals surface area contributed by atoms with Crippen molar-refractivity contribution < 1.29 is 9.18 Å². The molecule has 0 aromatic heterocycles. The summed E-state index contributed by atoms with van der Waals surface area (Å²) in [6.45, 7) is 3.12. The third kappa shape index (κ3) is 3.66. The van der Waals surface area contributed by atoms with Gasteiger partial charge in [0.2, 0.25) is 5.91 Å². The van der Waals surface area contributed by atoms with Crippen LogP contribution in [-0.4, -0.2) is 17.4 Å². The first kappa shape index (κ1) is 13.8. The summed E-state index contributed by atoms with van der Waals surface area (Å²) in [5.41, 5.74) is 0.849. The first-order chi connectivity index (χ1) is 9.20. The first-order valence-electron chi connectivity index (χ1n) is 6.89. The second-order valence-corrected chi connectivity index (χ2v) is 4.96.